The van der Waals surface area contributed by atoms with Crippen LogP contribution in [0.25, 0.3) is 101 Å². The molecule has 10 rings (SSSR count). The first-order valence-electron chi connectivity index (χ1n) is 19.6. The minimum atomic E-state index is 0.638. The van der Waals surface area contributed by atoms with Crippen LogP contribution in [-0.2, 0) is 0 Å². The zero-order valence-corrected chi connectivity index (χ0v) is 31.7. The predicted octanol–water partition coefficient (Wildman–Crippen LogP) is 14.4. The van der Waals surface area contributed by atoms with E-state index in [1.807, 2.05) is 60.7 Å². The molecule has 0 bridgehead atoms. The lowest BCUT2D eigenvalue weighted by molar-refractivity contribution is 1.07. The Kier molecular flexibility index (Phi) is 9.23. The van der Waals surface area contributed by atoms with Crippen molar-refractivity contribution >= 4 is 10.8 Å². The van der Waals surface area contributed by atoms with Gasteiger partial charge in [-0.05, 0) is 109 Å². The van der Waals surface area contributed by atoms with E-state index in [4.69, 9.17) is 15.0 Å². The number of aromatic nitrogens is 3. The summed E-state index contributed by atoms with van der Waals surface area (Å²) in [6.07, 6.45) is 0. The van der Waals surface area contributed by atoms with Gasteiger partial charge >= 0.3 is 0 Å². The molecule has 0 radical (unpaired) electrons. The molecule has 0 fully saturated rings. The zero-order chi connectivity index (χ0) is 38.7. The van der Waals surface area contributed by atoms with Crippen LogP contribution in [0.2, 0.25) is 0 Å². The number of hydrogen-bond acceptors (Lipinski definition) is 3. The molecule has 0 amide bonds. The fourth-order valence-corrected chi connectivity index (χ4v) is 7.66. The van der Waals surface area contributed by atoms with Crippen LogP contribution < -0.4 is 0 Å². The molecule has 3 heteroatoms. The molecule has 1 aromatic heterocycles. The SMILES string of the molecule is c1ccc(-c2cc(-c3cccc(-c4cccc(-c5cccc(-c6nc(-c7ccccc7)nc(-c7ccccc7)n6)c5)c4)c3)cc(-c3ccc4ccccc4c3)c2)cc1. The van der Waals surface area contributed by atoms with Crippen LogP contribution in [0.5, 0.6) is 0 Å². The summed E-state index contributed by atoms with van der Waals surface area (Å²) in [5, 5.41) is 2.48. The standard InChI is InChI=1S/C55H37N3/c1-4-15-38(16-5-1)50-35-51(37-52(36-50)48-30-29-39-17-10-11-22-42(39)31-48)47-27-13-25-45(33-47)43-23-12-24-44(32-43)46-26-14-28-49(34-46)55-57-53(40-18-6-2-7-19-40)56-54(58-55)41-20-8-3-9-21-41/h1-37H. The Balaban J connectivity index is 1.01. The van der Waals surface area contributed by atoms with Gasteiger partial charge in [-0.1, -0.05) is 182 Å². The summed E-state index contributed by atoms with van der Waals surface area (Å²) in [5.41, 5.74) is 14.5. The summed E-state index contributed by atoms with van der Waals surface area (Å²) in [4.78, 5) is 14.8. The quantitative estimate of drug-likeness (QED) is 0.156. The van der Waals surface area contributed by atoms with Gasteiger partial charge < -0.3 is 0 Å². The molecule has 0 aliphatic heterocycles. The second-order valence-electron chi connectivity index (χ2n) is 14.5. The highest BCUT2D eigenvalue weighted by Gasteiger charge is 2.14. The highest BCUT2D eigenvalue weighted by Crippen LogP contribution is 2.36. The van der Waals surface area contributed by atoms with Crippen LogP contribution in [0.1, 0.15) is 0 Å². The molecule has 0 atom stereocenters. The minimum Gasteiger partial charge on any atom is -0.208 e. The van der Waals surface area contributed by atoms with Crippen molar-refractivity contribution in [1.29, 1.82) is 0 Å². The lowest BCUT2D eigenvalue weighted by atomic mass is 9.91. The highest BCUT2D eigenvalue weighted by atomic mass is 15.0. The maximum Gasteiger partial charge on any atom is 0.164 e. The second kappa shape index (κ2) is 15.4. The molecule has 0 N–H and O–H groups in total. The molecule has 58 heavy (non-hydrogen) atoms. The Hall–Kier alpha value is -7.75. The molecule has 0 unspecified atom stereocenters. The average molecular weight is 740 g/mol. The van der Waals surface area contributed by atoms with E-state index >= 15 is 0 Å². The molecule has 0 aliphatic carbocycles. The van der Waals surface area contributed by atoms with Gasteiger partial charge in [-0.2, -0.15) is 0 Å². The molecule has 0 aliphatic rings. The molecule has 0 saturated carbocycles. The first kappa shape index (κ1) is 34.7. The second-order valence-corrected chi connectivity index (χ2v) is 14.5. The Bertz CT molecular complexity index is 2990. The van der Waals surface area contributed by atoms with Crippen molar-refractivity contribution in [3.8, 4) is 89.8 Å². The third kappa shape index (κ3) is 7.21. The Morgan fingerprint density at radius 2 is 0.483 bits per heavy atom. The van der Waals surface area contributed by atoms with Crippen molar-refractivity contribution in [2.45, 2.75) is 0 Å². The zero-order valence-electron chi connectivity index (χ0n) is 31.7. The van der Waals surface area contributed by atoms with Crippen molar-refractivity contribution in [1.82, 2.24) is 15.0 Å². The van der Waals surface area contributed by atoms with Crippen molar-refractivity contribution in [3.05, 3.63) is 224 Å². The number of rotatable bonds is 8. The third-order valence-corrected chi connectivity index (χ3v) is 10.7. The molecular weight excluding hydrogens is 703 g/mol. The number of benzene rings is 9. The van der Waals surface area contributed by atoms with Crippen LogP contribution in [0.3, 0.4) is 0 Å². The smallest absolute Gasteiger partial charge is 0.164 e. The topological polar surface area (TPSA) is 38.7 Å². The van der Waals surface area contributed by atoms with E-state index in [1.54, 1.807) is 0 Å². The lowest BCUT2D eigenvalue weighted by Gasteiger charge is -2.13. The van der Waals surface area contributed by atoms with E-state index in [-0.39, 0.29) is 0 Å². The van der Waals surface area contributed by atoms with Crippen molar-refractivity contribution in [2.24, 2.45) is 0 Å². The summed E-state index contributed by atoms with van der Waals surface area (Å²) in [5.74, 6) is 1.94. The number of hydrogen-bond donors (Lipinski definition) is 0. The maximum absolute atomic E-state index is 4.98. The number of fused-ring (bicyclic) bond motifs is 1. The van der Waals surface area contributed by atoms with E-state index < -0.39 is 0 Å². The molecular formula is C55H37N3. The van der Waals surface area contributed by atoms with Gasteiger partial charge in [0, 0.05) is 16.7 Å². The summed E-state index contributed by atoms with van der Waals surface area (Å²) in [6.45, 7) is 0. The molecule has 1 heterocycles. The van der Waals surface area contributed by atoms with Crippen LogP contribution >= 0.6 is 0 Å². The fourth-order valence-electron chi connectivity index (χ4n) is 7.66. The molecule has 0 spiro atoms. The monoisotopic (exact) mass is 739 g/mol. The van der Waals surface area contributed by atoms with Gasteiger partial charge in [-0.25, -0.2) is 15.0 Å². The van der Waals surface area contributed by atoms with Crippen LogP contribution in [0.4, 0.5) is 0 Å². The van der Waals surface area contributed by atoms with Crippen molar-refractivity contribution in [2.75, 3.05) is 0 Å². The Morgan fingerprint density at radius 1 is 0.172 bits per heavy atom. The first-order chi connectivity index (χ1) is 28.7. The predicted molar refractivity (Wildman–Crippen MR) is 241 cm³/mol. The summed E-state index contributed by atoms with van der Waals surface area (Å²) >= 11 is 0. The Morgan fingerprint density at radius 3 is 0.983 bits per heavy atom. The molecule has 9 aromatic carbocycles. The van der Waals surface area contributed by atoms with Crippen LogP contribution in [0, 0.1) is 0 Å². The van der Waals surface area contributed by atoms with E-state index in [2.05, 4.69) is 164 Å². The molecule has 272 valence electrons. The van der Waals surface area contributed by atoms with Gasteiger partial charge in [-0.15, -0.1) is 0 Å². The average Bonchev–Trinajstić information content (AvgIpc) is 3.32. The van der Waals surface area contributed by atoms with E-state index in [1.165, 1.54) is 44.2 Å². The number of nitrogens with zero attached hydrogens (tertiary/aromatic N) is 3. The van der Waals surface area contributed by atoms with Gasteiger partial charge in [0.1, 0.15) is 0 Å². The molecule has 3 nitrogen and oxygen atoms in total. The van der Waals surface area contributed by atoms with Crippen molar-refractivity contribution < 1.29 is 0 Å². The maximum atomic E-state index is 4.98. The van der Waals surface area contributed by atoms with Gasteiger partial charge in [-0.3, -0.25) is 0 Å². The first-order valence-corrected chi connectivity index (χ1v) is 19.6. The van der Waals surface area contributed by atoms with Crippen LogP contribution in [-0.4, -0.2) is 15.0 Å². The minimum absolute atomic E-state index is 0.638. The largest absolute Gasteiger partial charge is 0.208 e. The van der Waals surface area contributed by atoms with Crippen molar-refractivity contribution in [3.63, 3.8) is 0 Å². The van der Waals surface area contributed by atoms with Gasteiger partial charge in [0.05, 0.1) is 0 Å². The van der Waals surface area contributed by atoms with Crippen LogP contribution in [0.15, 0.2) is 224 Å². The summed E-state index contributed by atoms with van der Waals surface area (Å²) < 4.78 is 0. The Labute approximate surface area is 338 Å². The van der Waals surface area contributed by atoms with E-state index in [9.17, 15) is 0 Å². The summed E-state index contributed by atoms with van der Waals surface area (Å²) in [7, 11) is 0. The third-order valence-electron chi connectivity index (χ3n) is 10.7. The summed E-state index contributed by atoms with van der Waals surface area (Å²) in [6, 6.07) is 79.3. The van der Waals surface area contributed by atoms with Gasteiger partial charge in [0.2, 0.25) is 0 Å². The highest BCUT2D eigenvalue weighted by molar-refractivity contribution is 5.90. The molecule has 10 aromatic rings. The van der Waals surface area contributed by atoms with E-state index in [0.717, 1.165) is 38.9 Å². The van der Waals surface area contributed by atoms with Gasteiger partial charge in [0.15, 0.2) is 17.5 Å². The van der Waals surface area contributed by atoms with E-state index in [0.29, 0.717) is 17.5 Å². The van der Waals surface area contributed by atoms with Gasteiger partial charge in [0.25, 0.3) is 0 Å². The lowest BCUT2D eigenvalue weighted by Crippen LogP contribution is -2.00. The normalized spacial score (nSPS) is 11.1. The fraction of sp³-hybridized carbons (Fsp3) is 0. The molecule has 0 saturated heterocycles.